The van der Waals surface area contributed by atoms with Gasteiger partial charge in [-0.15, -0.1) is 0 Å². The maximum Gasteiger partial charge on any atom is 0.322 e. The Bertz CT molecular complexity index is 463. The molecule has 0 N–H and O–H groups in total. The minimum absolute atomic E-state index is 0.00872. The number of aromatic nitrogens is 3. The van der Waals surface area contributed by atoms with Gasteiger partial charge in [0.1, 0.15) is 0 Å². The average Bonchev–Trinajstić information content (AvgIpc) is 2.45. The van der Waals surface area contributed by atoms with E-state index in [-0.39, 0.29) is 17.4 Å². The minimum atomic E-state index is 0.00872. The van der Waals surface area contributed by atoms with E-state index in [2.05, 4.69) is 31.7 Å². The first kappa shape index (κ1) is 16.2. The van der Waals surface area contributed by atoms with Gasteiger partial charge < -0.3 is 14.5 Å². The van der Waals surface area contributed by atoms with Gasteiger partial charge in [0.2, 0.25) is 11.2 Å². The molecule has 0 atom stereocenters. The van der Waals surface area contributed by atoms with E-state index in [4.69, 9.17) is 16.3 Å². The average molecular weight is 314 g/mol. The monoisotopic (exact) mass is 313 g/mol. The number of rotatable bonds is 5. The van der Waals surface area contributed by atoms with Crippen molar-refractivity contribution < 1.29 is 4.74 Å². The van der Waals surface area contributed by atoms with Crippen molar-refractivity contribution in [3.05, 3.63) is 5.28 Å². The van der Waals surface area contributed by atoms with Crippen molar-refractivity contribution in [1.82, 2.24) is 19.9 Å². The zero-order valence-electron chi connectivity index (χ0n) is 13.2. The molecular weight excluding hydrogens is 290 g/mol. The third-order valence-corrected chi connectivity index (χ3v) is 3.95. The van der Waals surface area contributed by atoms with E-state index in [1.807, 2.05) is 20.9 Å². The number of nitrogens with zero attached hydrogens (tertiary/aromatic N) is 5. The topological polar surface area (TPSA) is 54.4 Å². The molecule has 0 spiro atoms. The van der Waals surface area contributed by atoms with Crippen LogP contribution < -0.4 is 9.64 Å². The molecule has 0 amide bonds. The summed E-state index contributed by atoms with van der Waals surface area (Å²) in [5, 5.41) is 0.175. The smallest absolute Gasteiger partial charge is 0.322 e. The van der Waals surface area contributed by atoms with E-state index in [1.54, 1.807) is 0 Å². The van der Waals surface area contributed by atoms with Crippen molar-refractivity contribution >= 4 is 17.5 Å². The fourth-order valence-corrected chi connectivity index (χ4v) is 2.68. The zero-order chi connectivity index (χ0) is 15.4. The van der Waals surface area contributed by atoms with E-state index in [1.165, 1.54) is 0 Å². The van der Waals surface area contributed by atoms with Crippen LogP contribution in [0.2, 0.25) is 5.28 Å². The summed E-state index contributed by atoms with van der Waals surface area (Å²) in [5.41, 5.74) is 0. The lowest BCUT2D eigenvalue weighted by Crippen LogP contribution is -2.43. The second-order valence-corrected chi connectivity index (χ2v) is 5.97. The molecule has 2 rings (SSSR count). The lowest BCUT2D eigenvalue weighted by molar-refractivity contribution is 0.216. The number of likely N-dealkylation sites (tertiary alicyclic amines) is 1. The van der Waals surface area contributed by atoms with Gasteiger partial charge >= 0.3 is 6.01 Å². The number of anilines is 1. The van der Waals surface area contributed by atoms with E-state index >= 15 is 0 Å². The van der Waals surface area contributed by atoms with Crippen LogP contribution >= 0.6 is 11.6 Å². The number of hydrogen-bond acceptors (Lipinski definition) is 6. The molecule has 0 bridgehead atoms. The van der Waals surface area contributed by atoms with Crippen molar-refractivity contribution in [3.63, 3.8) is 0 Å². The third kappa shape index (κ3) is 4.41. The Morgan fingerprint density at radius 2 is 1.95 bits per heavy atom. The second kappa shape index (κ2) is 7.22. The number of halogens is 1. The Balaban J connectivity index is 2.08. The fourth-order valence-electron chi connectivity index (χ4n) is 2.53. The first-order valence-electron chi connectivity index (χ1n) is 7.53. The summed E-state index contributed by atoms with van der Waals surface area (Å²) in [6.45, 7) is 9.40. The molecule has 1 saturated heterocycles. The number of piperidine rings is 1. The van der Waals surface area contributed by atoms with Crippen molar-refractivity contribution in [2.24, 2.45) is 0 Å². The number of ether oxygens (including phenoxy) is 1. The fraction of sp³-hybridized carbons (Fsp3) is 0.786. The summed E-state index contributed by atoms with van der Waals surface area (Å²) in [6.07, 6.45) is 2.22. The maximum atomic E-state index is 5.98. The van der Waals surface area contributed by atoms with Gasteiger partial charge in [0, 0.05) is 26.2 Å². The van der Waals surface area contributed by atoms with Gasteiger partial charge in [0.15, 0.2) is 0 Å². The Labute approximate surface area is 131 Å². The maximum absolute atomic E-state index is 5.98. The largest absolute Gasteiger partial charge is 0.461 e. The molecule has 118 valence electrons. The molecule has 0 unspecified atom stereocenters. The molecular formula is C14H24ClN5O. The van der Waals surface area contributed by atoms with Crippen LogP contribution in [0.15, 0.2) is 0 Å². The van der Waals surface area contributed by atoms with Gasteiger partial charge in [-0.2, -0.15) is 15.0 Å². The summed E-state index contributed by atoms with van der Waals surface area (Å²) in [7, 11) is 2.01. The minimum Gasteiger partial charge on any atom is -0.461 e. The van der Waals surface area contributed by atoms with E-state index in [0.29, 0.717) is 12.0 Å². The van der Waals surface area contributed by atoms with Crippen LogP contribution in [-0.2, 0) is 0 Å². The molecule has 1 fully saturated rings. The molecule has 1 aliphatic rings. The van der Waals surface area contributed by atoms with Gasteiger partial charge in [-0.05, 0) is 44.8 Å². The third-order valence-electron chi connectivity index (χ3n) is 3.78. The van der Waals surface area contributed by atoms with Crippen molar-refractivity contribution in [1.29, 1.82) is 0 Å². The molecule has 0 aliphatic carbocycles. The van der Waals surface area contributed by atoms with Crippen LogP contribution in [0.4, 0.5) is 5.95 Å². The first-order valence-corrected chi connectivity index (χ1v) is 7.90. The summed E-state index contributed by atoms with van der Waals surface area (Å²) in [6, 6.07) is 0.719. The lowest BCUT2D eigenvalue weighted by Gasteiger charge is -2.36. The molecule has 1 aromatic rings. The predicted molar refractivity (Wildman–Crippen MR) is 84.1 cm³/mol. The highest BCUT2D eigenvalue weighted by Crippen LogP contribution is 2.21. The van der Waals surface area contributed by atoms with Crippen LogP contribution in [0.5, 0.6) is 6.01 Å². The second-order valence-electron chi connectivity index (χ2n) is 5.63. The van der Waals surface area contributed by atoms with Crippen LogP contribution in [0.1, 0.15) is 33.6 Å². The van der Waals surface area contributed by atoms with E-state index in [9.17, 15) is 0 Å². The highest BCUT2D eigenvalue weighted by atomic mass is 35.5. The molecule has 1 aromatic heterocycles. The Morgan fingerprint density at radius 3 is 2.52 bits per heavy atom. The van der Waals surface area contributed by atoms with Crippen molar-refractivity contribution in [3.8, 4) is 6.01 Å². The molecule has 0 saturated carbocycles. The van der Waals surface area contributed by atoms with Crippen LogP contribution in [0.3, 0.4) is 0 Å². The van der Waals surface area contributed by atoms with Gasteiger partial charge in [0.05, 0.1) is 6.10 Å². The molecule has 1 aliphatic heterocycles. The van der Waals surface area contributed by atoms with Crippen molar-refractivity contribution in [2.75, 3.05) is 31.6 Å². The number of hydrogen-bond donors (Lipinski definition) is 0. The van der Waals surface area contributed by atoms with Crippen LogP contribution in [-0.4, -0.2) is 58.7 Å². The summed E-state index contributed by atoms with van der Waals surface area (Å²) >= 11 is 5.98. The van der Waals surface area contributed by atoms with Gasteiger partial charge in [0.25, 0.3) is 0 Å². The Kier molecular flexibility index (Phi) is 5.58. The van der Waals surface area contributed by atoms with Crippen molar-refractivity contribution in [2.45, 2.75) is 45.8 Å². The molecule has 7 heteroatoms. The molecule has 0 radical (unpaired) electrons. The van der Waals surface area contributed by atoms with E-state index in [0.717, 1.165) is 32.5 Å². The quantitative estimate of drug-likeness (QED) is 0.831. The highest BCUT2D eigenvalue weighted by Gasteiger charge is 2.24. The molecule has 2 heterocycles. The summed E-state index contributed by atoms with van der Waals surface area (Å²) < 4.78 is 5.53. The van der Waals surface area contributed by atoms with Gasteiger partial charge in [-0.3, -0.25) is 0 Å². The summed E-state index contributed by atoms with van der Waals surface area (Å²) in [4.78, 5) is 17.2. The summed E-state index contributed by atoms with van der Waals surface area (Å²) in [5.74, 6) is 0.584. The lowest BCUT2D eigenvalue weighted by atomic mass is 10.0. The van der Waals surface area contributed by atoms with Crippen LogP contribution in [0.25, 0.3) is 0 Å². The van der Waals surface area contributed by atoms with Gasteiger partial charge in [-0.25, -0.2) is 0 Å². The molecule has 21 heavy (non-hydrogen) atoms. The Morgan fingerprint density at radius 1 is 1.29 bits per heavy atom. The standard InChI is InChI=1S/C14H24ClN5O/c1-5-20-8-6-11(7-9-20)19(4)13-16-12(15)17-14(18-13)21-10(2)3/h10-11H,5-9H2,1-4H3. The van der Waals surface area contributed by atoms with Crippen LogP contribution in [0, 0.1) is 0 Å². The first-order chi connectivity index (χ1) is 9.99. The predicted octanol–water partition coefficient (Wildman–Crippen LogP) is 2.23. The normalized spacial score (nSPS) is 17.2. The van der Waals surface area contributed by atoms with E-state index < -0.39 is 0 Å². The Hall–Kier alpha value is -1.14. The van der Waals surface area contributed by atoms with Gasteiger partial charge in [-0.1, -0.05) is 6.92 Å². The molecule has 6 nitrogen and oxygen atoms in total. The SMILES string of the molecule is CCN1CCC(N(C)c2nc(Cl)nc(OC(C)C)n2)CC1. The zero-order valence-corrected chi connectivity index (χ0v) is 14.0. The highest BCUT2D eigenvalue weighted by molar-refractivity contribution is 6.28. The molecule has 0 aromatic carbocycles.